The molecule has 0 saturated carbocycles. The van der Waals surface area contributed by atoms with E-state index < -0.39 is 5.60 Å². The Balaban J connectivity index is 2.15. The third-order valence-corrected chi connectivity index (χ3v) is 3.07. The number of hydrogen-bond acceptors (Lipinski definition) is 5. The Kier molecular flexibility index (Phi) is 3.91. The fraction of sp³-hybridized carbons (Fsp3) is 0.692. The third kappa shape index (κ3) is 3.13. The summed E-state index contributed by atoms with van der Waals surface area (Å²) in [5.41, 5.74) is -0.0248. The van der Waals surface area contributed by atoms with Crippen molar-refractivity contribution < 1.29 is 18.7 Å². The number of morpholine rings is 1. The molecule has 1 fully saturated rings. The van der Waals surface area contributed by atoms with Crippen molar-refractivity contribution in [3.63, 3.8) is 0 Å². The van der Waals surface area contributed by atoms with E-state index in [0.717, 1.165) is 0 Å². The van der Waals surface area contributed by atoms with Crippen molar-refractivity contribution in [2.75, 3.05) is 26.8 Å². The van der Waals surface area contributed by atoms with E-state index in [1.54, 1.807) is 18.9 Å². The average molecular weight is 268 g/mol. The quantitative estimate of drug-likeness (QED) is 0.825. The van der Waals surface area contributed by atoms with Crippen LogP contribution in [-0.2, 0) is 9.47 Å². The zero-order valence-corrected chi connectivity index (χ0v) is 11.8. The fourth-order valence-corrected chi connectivity index (χ4v) is 2.38. The monoisotopic (exact) mass is 268 g/mol. The Morgan fingerprint density at radius 3 is 2.95 bits per heavy atom. The van der Waals surface area contributed by atoms with E-state index in [4.69, 9.17) is 13.9 Å². The van der Waals surface area contributed by atoms with Crippen LogP contribution in [0.3, 0.4) is 0 Å². The van der Waals surface area contributed by atoms with Crippen molar-refractivity contribution in [3.05, 3.63) is 17.8 Å². The summed E-state index contributed by atoms with van der Waals surface area (Å²) in [4.78, 5) is 18.2. The van der Waals surface area contributed by atoms with Crippen molar-refractivity contribution in [3.8, 4) is 0 Å². The van der Waals surface area contributed by atoms with E-state index in [1.165, 1.54) is 6.39 Å². The summed E-state index contributed by atoms with van der Waals surface area (Å²) in [7, 11) is 1.62. The summed E-state index contributed by atoms with van der Waals surface area (Å²) in [5, 5.41) is 0. The molecule has 1 amide bonds. The summed E-state index contributed by atoms with van der Waals surface area (Å²) in [5.74, 6) is 0.418. The van der Waals surface area contributed by atoms with Gasteiger partial charge in [0, 0.05) is 20.2 Å². The number of ether oxygens (including phenoxy) is 2. The molecule has 0 spiro atoms. The molecule has 0 bridgehead atoms. The van der Waals surface area contributed by atoms with E-state index in [1.807, 2.05) is 13.8 Å². The van der Waals surface area contributed by atoms with Gasteiger partial charge in [0.2, 0.25) is 0 Å². The number of hydrogen-bond donors (Lipinski definition) is 0. The van der Waals surface area contributed by atoms with E-state index in [2.05, 4.69) is 4.98 Å². The van der Waals surface area contributed by atoms with Crippen molar-refractivity contribution in [1.82, 2.24) is 9.88 Å². The number of carbonyl (C=O) groups is 1. The van der Waals surface area contributed by atoms with Crippen LogP contribution in [0, 0.1) is 6.92 Å². The molecule has 0 N–H and O–H groups in total. The zero-order valence-electron chi connectivity index (χ0n) is 11.8. The Hall–Kier alpha value is -1.40. The number of aryl methyl sites for hydroxylation is 1. The average Bonchev–Trinajstić information content (AvgIpc) is 2.73. The van der Waals surface area contributed by atoms with E-state index in [-0.39, 0.29) is 12.0 Å². The van der Waals surface area contributed by atoms with Crippen LogP contribution in [0.1, 0.15) is 30.1 Å². The van der Waals surface area contributed by atoms with Crippen molar-refractivity contribution in [2.24, 2.45) is 0 Å². The number of methoxy groups -OCH3 is 1. The van der Waals surface area contributed by atoms with Crippen LogP contribution in [0.2, 0.25) is 0 Å². The van der Waals surface area contributed by atoms with Gasteiger partial charge in [-0.1, -0.05) is 0 Å². The van der Waals surface area contributed by atoms with Gasteiger partial charge in [0.25, 0.3) is 5.91 Å². The molecule has 106 valence electrons. The fourth-order valence-electron chi connectivity index (χ4n) is 2.38. The first-order chi connectivity index (χ1) is 8.93. The van der Waals surface area contributed by atoms with Crippen molar-refractivity contribution >= 4 is 5.91 Å². The molecule has 0 aliphatic carbocycles. The van der Waals surface area contributed by atoms with Crippen LogP contribution in [0.25, 0.3) is 0 Å². The van der Waals surface area contributed by atoms with Gasteiger partial charge in [-0.25, -0.2) is 4.98 Å². The smallest absolute Gasteiger partial charge is 0.276 e. The minimum absolute atomic E-state index is 0.120. The van der Waals surface area contributed by atoms with Crippen LogP contribution in [0.5, 0.6) is 0 Å². The highest BCUT2D eigenvalue weighted by molar-refractivity contribution is 5.93. The molecule has 1 saturated heterocycles. The first kappa shape index (κ1) is 14.0. The van der Waals surface area contributed by atoms with Gasteiger partial charge in [0.1, 0.15) is 5.76 Å². The molecule has 0 unspecified atom stereocenters. The van der Waals surface area contributed by atoms with Crippen molar-refractivity contribution in [2.45, 2.75) is 32.5 Å². The maximum atomic E-state index is 12.4. The lowest BCUT2D eigenvalue weighted by Gasteiger charge is -2.42. The van der Waals surface area contributed by atoms with E-state index in [0.29, 0.717) is 31.2 Å². The first-order valence-corrected chi connectivity index (χ1v) is 6.29. The van der Waals surface area contributed by atoms with Gasteiger partial charge in [-0.05, 0) is 20.8 Å². The topological polar surface area (TPSA) is 64.8 Å². The van der Waals surface area contributed by atoms with Gasteiger partial charge in [-0.15, -0.1) is 0 Å². The summed E-state index contributed by atoms with van der Waals surface area (Å²) < 4.78 is 16.1. The molecule has 6 nitrogen and oxygen atoms in total. The molecule has 0 radical (unpaired) electrons. The van der Waals surface area contributed by atoms with E-state index in [9.17, 15) is 4.79 Å². The molecular weight excluding hydrogens is 248 g/mol. The molecule has 1 aliphatic heterocycles. The lowest BCUT2D eigenvalue weighted by Crippen LogP contribution is -2.55. The first-order valence-electron chi connectivity index (χ1n) is 6.29. The highest BCUT2D eigenvalue weighted by atomic mass is 16.5. The summed E-state index contributed by atoms with van der Waals surface area (Å²) >= 11 is 0. The molecule has 1 aromatic rings. The van der Waals surface area contributed by atoms with Gasteiger partial charge in [-0.2, -0.15) is 0 Å². The number of nitrogens with zero attached hydrogens (tertiary/aromatic N) is 2. The summed E-state index contributed by atoms with van der Waals surface area (Å²) in [6, 6.07) is 0. The number of rotatable bonds is 3. The van der Waals surface area contributed by atoms with Crippen LogP contribution in [0.4, 0.5) is 0 Å². The van der Waals surface area contributed by atoms with Gasteiger partial charge < -0.3 is 18.8 Å². The molecular formula is C13H20N2O4. The van der Waals surface area contributed by atoms with Gasteiger partial charge >= 0.3 is 0 Å². The van der Waals surface area contributed by atoms with E-state index >= 15 is 0 Å². The number of oxazole rings is 1. The lowest BCUT2D eigenvalue weighted by atomic mass is 10.0. The standard InChI is InChI=1S/C13H20N2O4/c1-9-11(14-8-18-9)12(16)15-5-10(6-17-4)19-13(2,3)7-15/h8,10H,5-7H2,1-4H3/t10-/m0/s1. The molecule has 1 atom stereocenters. The van der Waals surface area contributed by atoms with Crippen LogP contribution < -0.4 is 0 Å². The van der Waals surface area contributed by atoms with Gasteiger partial charge in [0.05, 0.1) is 18.3 Å². The summed E-state index contributed by atoms with van der Waals surface area (Å²) in [6.45, 7) is 7.15. The highest BCUT2D eigenvalue weighted by Gasteiger charge is 2.36. The highest BCUT2D eigenvalue weighted by Crippen LogP contribution is 2.23. The number of amides is 1. The normalized spacial score (nSPS) is 22.5. The number of carbonyl (C=O) groups excluding carboxylic acids is 1. The second-order valence-electron chi connectivity index (χ2n) is 5.40. The Labute approximate surface area is 112 Å². The molecule has 1 aliphatic rings. The maximum Gasteiger partial charge on any atom is 0.276 e. The molecule has 1 aromatic heterocycles. The molecule has 6 heteroatoms. The Morgan fingerprint density at radius 2 is 2.37 bits per heavy atom. The molecule has 2 heterocycles. The summed E-state index contributed by atoms with van der Waals surface area (Å²) in [6.07, 6.45) is 1.17. The Morgan fingerprint density at radius 1 is 1.63 bits per heavy atom. The molecule has 19 heavy (non-hydrogen) atoms. The number of aromatic nitrogens is 1. The maximum absolute atomic E-state index is 12.4. The lowest BCUT2D eigenvalue weighted by molar-refractivity contribution is -0.143. The van der Waals surface area contributed by atoms with Crippen LogP contribution >= 0.6 is 0 Å². The minimum atomic E-state index is -0.394. The van der Waals surface area contributed by atoms with Gasteiger partial charge in [0.15, 0.2) is 12.1 Å². The van der Waals surface area contributed by atoms with Crippen LogP contribution in [0.15, 0.2) is 10.8 Å². The van der Waals surface area contributed by atoms with Crippen LogP contribution in [-0.4, -0.2) is 54.3 Å². The van der Waals surface area contributed by atoms with Crippen molar-refractivity contribution in [1.29, 1.82) is 0 Å². The predicted octanol–water partition coefficient (Wildman–Crippen LogP) is 1.25. The Bertz CT molecular complexity index is 455. The molecule has 2 rings (SSSR count). The third-order valence-electron chi connectivity index (χ3n) is 3.07. The SMILES string of the molecule is COC[C@@H]1CN(C(=O)c2ncoc2C)CC(C)(C)O1. The van der Waals surface area contributed by atoms with Gasteiger partial charge in [-0.3, -0.25) is 4.79 Å². The second kappa shape index (κ2) is 5.30. The largest absolute Gasteiger partial charge is 0.448 e. The minimum Gasteiger partial charge on any atom is -0.448 e. The second-order valence-corrected chi connectivity index (χ2v) is 5.40. The predicted molar refractivity (Wildman–Crippen MR) is 68.0 cm³/mol. The molecule has 0 aromatic carbocycles. The zero-order chi connectivity index (χ0) is 14.0.